The highest BCUT2D eigenvalue weighted by molar-refractivity contribution is 5.71. The highest BCUT2D eigenvalue weighted by atomic mass is 16.9. The summed E-state index contributed by atoms with van der Waals surface area (Å²) in [6.45, 7) is 8.70. The van der Waals surface area contributed by atoms with Gasteiger partial charge >= 0.3 is 5.97 Å². The molecule has 0 aliphatic carbocycles. The zero-order valence-corrected chi connectivity index (χ0v) is 21.1. The molecular formula is C28H40N4O4. The molecule has 0 amide bonds. The monoisotopic (exact) mass is 496 g/mol. The van der Waals surface area contributed by atoms with Gasteiger partial charge in [-0.2, -0.15) is 0 Å². The molecule has 2 heterocycles. The fraction of sp³-hybridized carbons (Fsp3) is 0.536. The van der Waals surface area contributed by atoms with Crippen LogP contribution in [0.3, 0.4) is 0 Å². The molecule has 0 spiro atoms. The number of hydrogen-bond acceptors (Lipinski definition) is 8. The first kappa shape index (κ1) is 26.7. The second-order valence-electron chi connectivity index (χ2n) is 9.37. The number of esters is 1. The van der Waals surface area contributed by atoms with Crippen LogP contribution in [-0.2, 0) is 25.6 Å². The summed E-state index contributed by atoms with van der Waals surface area (Å²) in [6.07, 6.45) is 1.62. The van der Waals surface area contributed by atoms with Crippen LogP contribution in [0.2, 0.25) is 0 Å². The third-order valence-corrected chi connectivity index (χ3v) is 6.49. The van der Waals surface area contributed by atoms with Crippen molar-refractivity contribution in [2.45, 2.75) is 32.0 Å². The molecule has 0 unspecified atom stereocenters. The van der Waals surface area contributed by atoms with Crippen molar-refractivity contribution in [1.82, 2.24) is 20.4 Å². The minimum atomic E-state index is -0.241. The molecule has 196 valence electrons. The summed E-state index contributed by atoms with van der Waals surface area (Å²) in [5.74, 6) is -0.168. The molecule has 0 atom stereocenters. The van der Waals surface area contributed by atoms with Crippen LogP contribution in [0.5, 0.6) is 0 Å². The molecule has 2 N–H and O–H groups in total. The van der Waals surface area contributed by atoms with Gasteiger partial charge in [0.1, 0.15) is 6.61 Å². The van der Waals surface area contributed by atoms with E-state index in [2.05, 4.69) is 20.4 Å². The van der Waals surface area contributed by atoms with E-state index < -0.39 is 0 Å². The third-order valence-electron chi connectivity index (χ3n) is 6.49. The van der Waals surface area contributed by atoms with E-state index in [9.17, 15) is 4.79 Å². The van der Waals surface area contributed by atoms with E-state index in [1.54, 1.807) is 0 Å². The lowest BCUT2D eigenvalue weighted by Crippen LogP contribution is -2.46. The second kappa shape index (κ2) is 15.0. The molecule has 2 aliphatic rings. The van der Waals surface area contributed by atoms with Crippen LogP contribution in [0, 0.1) is 0 Å². The summed E-state index contributed by atoms with van der Waals surface area (Å²) >= 11 is 0. The largest absolute Gasteiger partial charge is 0.460 e. The van der Waals surface area contributed by atoms with Gasteiger partial charge < -0.3 is 24.8 Å². The van der Waals surface area contributed by atoms with Crippen molar-refractivity contribution < 1.29 is 19.0 Å². The summed E-state index contributed by atoms with van der Waals surface area (Å²) in [5, 5.41) is 7.08. The fourth-order valence-corrected chi connectivity index (χ4v) is 4.46. The SMILES string of the molecule is O=C(CN1CCCNCCN(CC2OC(c3ccccc3)O2)CCCNCC1)OCc1ccccc1. The molecule has 0 aromatic heterocycles. The van der Waals surface area contributed by atoms with Crippen LogP contribution in [0.4, 0.5) is 0 Å². The molecule has 0 saturated carbocycles. The maximum atomic E-state index is 12.4. The summed E-state index contributed by atoms with van der Waals surface area (Å²) in [6, 6.07) is 19.9. The number of hydrogen-bond donors (Lipinski definition) is 2. The first-order valence-corrected chi connectivity index (χ1v) is 13.2. The molecular weight excluding hydrogens is 456 g/mol. The Morgan fingerprint density at radius 3 is 2.11 bits per heavy atom. The van der Waals surface area contributed by atoms with Gasteiger partial charge in [0.2, 0.25) is 0 Å². The molecule has 2 saturated heterocycles. The standard InChI is InChI=1S/C28H40N4O4/c33-26(34-23-24-9-3-1-4-10-24)21-31-17-7-13-30-16-20-32(18-8-14-29-15-19-31)22-27-35-28(36-27)25-11-5-2-6-12-25/h1-6,9-12,27-30H,7-8,13-23H2. The fourth-order valence-electron chi connectivity index (χ4n) is 4.46. The van der Waals surface area contributed by atoms with Crippen molar-refractivity contribution in [1.29, 1.82) is 0 Å². The zero-order valence-electron chi connectivity index (χ0n) is 21.1. The third kappa shape index (κ3) is 9.28. The first-order valence-electron chi connectivity index (χ1n) is 13.2. The highest BCUT2D eigenvalue weighted by Gasteiger charge is 2.33. The van der Waals surface area contributed by atoms with Crippen molar-refractivity contribution >= 4 is 5.97 Å². The Morgan fingerprint density at radius 2 is 1.42 bits per heavy atom. The average molecular weight is 497 g/mol. The molecule has 0 radical (unpaired) electrons. The van der Waals surface area contributed by atoms with E-state index in [4.69, 9.17) is 14.2 Å². The van der Waals surface area contributed by atoms with Gasteiger partial charge in [-0.05, 0) is 44.6 Å². The number of carbonyl (C=O) groups excluding carboxylic acids is 1. The first-order chi connectivity index (χ1) is 17.8. The van der Waals surface area contributed by atoms with E-state index in [0.29, 0.717) is 13.2 Å². The van der Waals surface area contributed by atoms with Crippen LogP contribution in [-0.4, -0.2) is 87.5 Å². The van der Waals surface area contributed by atoms with Gasteiger partial charge in [-0.25, -0.2) is 0 Å². The molecule has 4 rings (SSSR count). The maximum absolute atomic E-state index is 12.4. The van der Waals surface area contributed by atoms with E-state index in [1.807, 2.05) is 60.7 Å². The summed E-state index contributed by atoms with van der Waals surface area (Å²) in [5.41, 5.74) is 2.08. The van der Waals surface area contributed by atoms with Crippen LogP contribution in [0.15, 0.2) is 60.7 Å². The lowest BCUT2D eigenvalue weighted by atomic mass is 10.2. The molecule has 2 aromatic carbocycles. The zero-order chi connectivity index (χ0) is 24.8. The van der Waals surface area contributed by atoms with Crippen LogP contribution in [0.25, 0.3) is 0 Å². The van der Waals surface area contributed by atoms with E-state index in [-0.39, 0.29) is 18.5 Å². The van der Waals surface area contributed by atoms with E-state index in [0.717, 1.165) is 82.9 Å². The van der Waals surface area contributed by atoms with Crippen molar-refractivity contribution in [3.05, 3.63) is 71.8 Å². The molecule has 36 heavy (non-hydrogen) atoms. The van der Waals surface area contributed by atoms with Crippen molar-refractivity contribution in [3.63, 3.8) is 0 Å². The number of carbonyl (C=O) groups is 1. The Hall–Kier alpha value is -2.33. The summed E-state index contributed by atoms with van der Waals surface area (Å²) in [7, 11) is 0. The van der Waals surface area contributed by atoms with Gasteiger partial charge in [0, 0.05) is 38.3 Å². The Labute approximate surface area is 214 Å². The van der Waals surface area contributed by atoms with E-state index >= 15 is 0 Å². The quantitative estimate of drug-likeness (QED) is 0.566. The predicted molar refractivity (Wildman–Crippen MR) is 139 cm³/mol. The van der Waals surface area contributed by atoms with Crippen LogP contribution < -0.4 is 10.6 Å². The minimum absolute atomic E-state index is 0.168. The summed E-state index contributed by atoms with van der Waals surface area (Å²) in [4.78, 5) is 17.0. The normalized spacial score (nSPS) is 23.3. The topological polar surface area (TPSA) is 75.3 Å². The molecule has 2 aliphatic heterocycles. The molecule has 0 bridgehead atoms. The Kier molecular flexibility index (Phi) is 11.2. The number of nitrogens with one attached hydrogen (secondary N) is 2. The van der Waals surface area contributed by atoms with Crippen molar-refractivity contribution in [3.8, 4) is 0 Å². The Balaban J connectivity index is 1.14. The Bertz CT molecular complexity index is 864. The lowest BCUT2D eigenvalue weighted by Gasteiger charge is -2.39. The van der Waals surface area contributed by atoms with Gasteiger partial charge in [-0.15, -0.1) is 0 Å². The maximum Gasteiger partial charge on any atom is 0.320 e. The number of benzene rings is 2. The van der Waals surface area contributed by atoms with Crippen LogP contribution in [0.1, 0.15) is 30.3 Å². The highest BCUT2D eigenvalue weighted by Crippen LogP contribution is 2.31. The number of nitrogens with zero attached hydrogens (tertiary/aromatic N) is 2. The lowest BCUT2D eigenvalue weighted by molar-refractivity contribution is -0.392. The van der Waals surface area contributed by atoms with Gasteiger partial charge in [-0.3, -0.25) is 14.6 Å². The molecule has 8 nitrogen and oxygen atoms in total. The van der Waals surface area contributed by atoms with E-state index in [1.165, 1.54) is 0 Å². The molecule has 2 fully saturated rings. The van der Waals surface area contributed by atoms with Gasteiger partial charge in [0.05, 0.1) is 6.54 Å². The second-order valence-corrected chi connectivity index (χ2v) is 9.37. The number of rotatable bonds is 7. The number of ether oxygens (including phenoxy) is 3. The summed E-state index contributed by atoms with van der Waals surface area (Å²) < 4.78 is 17.4. The van der Waals surface area contributed by atoms with Gasteiger partial charge in [-0.1, -0.05) is 60.7 Å². The smallest absolute Gasteiger partial charge is 0.320 e. The van der Waals surface area contributed by atoms with Crippen molar-refractivity contribution in [2.75, 3.05) is 65.4 Å². The minimum Gasteiger partial charge on any atom is -0.460 e. The molecule has 2 aromatic rings. The van der Waals surface area contributed by atoms with Gasteiger partial charge in [0.25, 0.3) is 0 Å². The molecule has 8 heteroatoms. The Morgan fingerprint density at radius 1 is 0.806 bits per heavy atom. The van der Waals surface area contributed by atoms with Crippen molar-refractivity contribution in [2.24, 2.45) is 0 Å². The van der Waals surface area contributed by atoms with Gasteiger partial charge in [0.15, 0.2) is 12.6 Å². The predicted octanol–water partition coefficient (Wildman–Crippen LogP) is 2.38. The average Bonchev–Trinajstić information content (AvgIpc) is 2.88. The van der Waals surface area contributed by atoms with Crippen LogP contribution >= 0.6 is 0 Å².